The molecule has 2 aromatic heterocycles. The molecule has 6 nitrogen and oxygen atoms in total. The van der Waals surface area contributed by atoms with Gasteiger partial charge in [0.25, 0.3) is 0 Å². The maximum absolute atomic E-state index is 12.7. The van der Waals surface area contributed by atoms with Crippen LogP contribution in [0.15, 0.2) is 84.0 Å². The Hall–Kier alpha value is -3.16. The summed E-state index contributed by atoms with van der Waals surface area (Å²) in [6.45, 7) is 1.81. The van der Waals surface area contributed by atoms with Crippen molar-refractivity contribution in [3.8, 4) is 0 Å². The van der Waals surface area contributed by atoms with Crippen molar-refractivity contribution in [2.24, 2.45) is 0 Å². The van der Waals surface area contributed by atoms with Crippen molar-refractivity contribution in [3.63, 3.8) is 0 Å². The van der Waals surface area contributed by atoms with E-state index in [0.717, 1.165) is 18.4 Å². The van der Waals surface area contributed by atoms with Crippen LogP contribution < -0.4 is 5.32 Å². The summed E-state index contributed by atoms with van der Waals surface area (Å²) in [5.74, 6) is 0.772. The van der Waals surface area contributed by atoms with E-state index in [-0.39, 0.29) is 10.8 Å². The Morgan fingerprint density at radius 1 is 0.969 bits per heavy atom. The van der Waals surface area contributed by atoms with Crippen LogP contribution in [0.4, 0.5) is 5.82 Å². The maximum atomic E-state index is 12.7. The van der Waals surface area contributed by atoms with Crippen molar-refractivity contribution in [2.45, 2.75) is 23.7 Å². The standard InChI is InChI=1S/C25H26N4O2S/c30-32(31,29-14-6-7-15-29)20-12-13-25(27-16-20)28-17-22(19-8-2-1-3-9-19)23-18-26-24-11-5-4-10-21(23)24/h1-5,8-13,16,18,22,26H,6-7,14-15,17H2,(H,27,28)/t22-/m0/s1. The van der Waals surface area contributed by atoms with E-state index in [1.165, 1.54) is 22.7 Å². The number of pyridine rings is 1. The quantitative estimate of drug-likeness (QED) is 0.435. The van der Waals surface area contributed by atoms with Crippen LogP contribution in [0.2, 0.25) is 0 Å². The first kappa shape index (κ1) is 20.7. The zero-order valence-corrected chi connectivity index (χ0v) is 18.6. The van der Waals surface area contributed by atoms with Crippen LogP contribution in [0.1, 0.15) is 29.9 Å². The molecule has 5 rings (SSSR count). The summed E-state index contributed by atoms with van der Waals surface area (Å²) in [5.41, 5.74) is 3.53. The minimum Gasteiger partial charge on any atom is -0.369 e. The fourth-order valence-corrected chi connectivity index (χ4v) is 5.86. The molecule has 32 heavy (non-hydrogen) atoms. The Morgan fingerprint density at radius 3 is 2.47 bits per heavy atom. The number of benzene rings is 2. The Morgan fingerprint density at radius 2 is 1.72 bits per heavy atom. The van der Waals surface area contributed by atoms with Crippen LogP contribution in [-0.2, 0) is 10.0 Å². The fraction of sp³-hybridized carbons (Fsp3) is 0.240. The van der Waals surface area contributed by atoms with Gasteiger partial charge in [-0.25, -0.2) is 13.4 Å². The number of aromatic amines is 1. The smallest absolute Gasteiger partial charge is 0.244 e. The molecule has 3 heterocycles. The Bertz CT molecular complexity index is 1290. The van der Waals surface area contributed by atoms with Gasteiger partial charge >= 0.3 is 0 Å². The average Bonchev–Trinajstić information content (AvgIpc) is 3.52. The number of hydrogen-bond donors (Lipinski definition) is 2. The zero-order chi connectivity index (χ0) is 22.0. The third-order valence-electron chi connectivity index (χ3n) is 6.13. The summed E-state index contributed by atoms with van der Waals surface area (Å²) < 4.78 is 27.0. The van der Waals surface area contributed by atoms with Crippen LogP contribution in [0, 0.1) is 0 Å². The van der Waals surface area contributed by atoms with Gasteiger partial charge in [0, 0.05) is 48.8 Å². The van der Waals surface area contributed by atoms with Crippen molar-refractivity contribution in [2.75, 3.05) is 25.0 Å². The molecule has 7 heteroatoms. The van der Waals surface area contributed by atoms with E-state index >= 15 is 0 Å². The zero-order valence-electron chi connectivity index (χ0n) is 17.7. The lowest BCUT2D eigenvalue weighted by Crippen LogP contribution is -2.28. The summed E-state index contributed by atoms with van der Waals surface area (Å²) in [4.78, 5) is 8.02. The third kappa shape index (κ3) is 4.01. The summed E-state index contributed by atoms with van der Waals surface area (Å²) in [6.07, 6.45) is 5.37. The van der Waals surface area contributed by atoms with Gasteiger partial charge < -0.3 is 10.3 Å². The monoisotopic (exact) mass is 446 g/mol. The van der Waals surface area contributed by atoms with Crippen LogP contribution in [0.25, 0.3) is 10.9 Å². The van der Waals surface area contributed by atoms with Gasteiger partial charge in [0.15, 0.2) is 0 Å². The molecule has 1 aliphatic heterocycles. The molecular formula is C25H26N4O2S. The Kier molecular flexibility index (Phi) is 5.68. The van der Waals surface area contributed by atoms with E-state index in [1.807, 2.05) is 24.3 Å². The lowest BCUT2D eigenvalue weighted by Gasteiger charge is -2.19. The molecule has 2 N–H and O–H groups in total. The van der Waals surface area contributed by atoms with Crippen molar-refractivity contribution in [1.82, 2.24) is 14.3 Å². The molecule has 4 aromatic rings. The van der Waals surface area contributed by atoms with E-state index in [1.54, 1.807) is 16.4 Å². The predicted octanol–water partition coefficient (Wildman–Crippen LogP) is 4.59. The topological polar surface area (TPSA) is 78.1 Å². The van der Waals surface area contributed by atoms with Crippen LogP contribution >= 0.6 is 0 Å². The third-order valence-corrected chi connectivity index (χ3v) is 8.01. The number of sulfonamides is 1. The molecule has 0 unspecified atom stereocenters. The van der Waals surface area contributed by atoms with Crippen molar-refractivity contribution in [1.29, 1.82) is 0 Å². The van der Waals surface area contributed by atoms with Gasteiger partial charge in [0.1, 0.15) is 10.7 Å². The maximum Gasteiger partial charge on any atom is 0.244 e. The number of nitrogens with zero attached hydrogens (tertiary/aromatic N) is 2. The normalized spacial score (nSPS) is 15.8. The van der Waals surface area contributed by atoms with Gasteiger partial charge in [-0.05, 0) is 42.2 Å². The Balaban J connectivity index is 1.38. The van der Waals surface area contributed by atoms with Crippen molar-refractivity contribution in [3.05, 3.63) is 90.3 Å². The van der Waals surface area contributed by atoms with E-state index in [2.05, 4.69) is 51.8 Å². The Labute approximate surface area is 188 Å². The molecular weight excluding hydrogens is 420 g/mol. The first-order valence-corrected chi connectivity index (χ1v) is 12.4. The number of hydrogen-bond acceptors (Lipinski definition) is 4. The lowest BCUT2D eigenvalue weighted by atomic mass is 9.91. The summed E-state index contributed by atoms with van der Waals surface area (Å²) >= 11 is 0. The number of H-pyrrole nitrogens is 1. The molecule has 164 valence electrons. The first-order chi connectivity index (χ1) is 15.6. The van der Waals surface area contributed by atoms with Crippen molar-refractivity contribution < 1.29 is 8.42 Å². The molecule has 1 fully saturated rings. The summed E-state index contributed by atoms with van der Waals surface area (Å²) in [6, 6.07) is 22.1. The molecule has 2 aromatic carbocycles. The van der Waals surface area contributed by atoms with E-state index < -0.39 is 10.0 Å². The number of fused-ring (bicyclic) bond motifs is 1. The van der Waals surface area contributed by atoms with Gasteiger partial charge in [0.05, 0.1) is 0 Å². The molecule has 0 radical (unpaired) electrons. The molecule has 0 amide bonds. The van der Waals surface area contributed by atoms with Gasteiger partial charge in [-0.15, -0.1) is 0 Å². The highest BCUT2D eigenvalue weighted by Gasteiger charge is 2.27. The number of anilines is 1. The second-order valence-corrected chi connectivity index (χ2v) is 10.1. The van der Waals surface area contributed by atoms with E-state index in [9.17, 15) is 8.42 Å². The number of nitrogens with one attached hydrogen (secondary N) is 2. The van der Waals surface area contributed by atoms with Crippen LogP contribution in [0.5, 0.6) is 0 Å². The number of aromatic nitrogens is 2. The lowest BCUT2D eigenvalue weighted by molar-refractivity contribution is 0.477. The second kappa shape index (κ2) is 8.76. The molecule has 1 aliphatic rings. The largest absolute Gasteiger partial charge is 0.369 e. The van der Waals surface area contributed by atoms with E-state index in [0.29, 0.717) is 25.5 Å². The van der Waals surface area contributed by atoms with Crippen LogP contribution in [0.3, 0.4) is 0 Å². The van der Waals surface area contributed by atoms with Gasteiger partial charge in [-0.3, -0.25) is 0 Å². The van der Waals surface area contributed by atoms with Gasteiger partial charge in [-0.1, -0.05) is 48.5 Å². The molecule has 0 aliphatic carbocycles. The predicted molar refractivity (Wildman–Crippen MR) is 127 cm³/mol. The highest BCUT2D eigenvalue weighted by atomic mass is 32.2. The van der Waals surface area contributed by atoms with Gasteiger partial charge in [-0.2, -0.15) is 4.31 Å². The first-order valence-electron chi connectivity index (χ1n) is 10.9. The molecule has 0 spiro atoms. The highest BCUT2D eigenvalue weighted by Crippen LogP contribution is 2.31. The van der Waals surface area contributed by atoms with Crippen molar-refractivity contribution >= 4 is 26.7 Å². The molecule has 1 atom stereocenters. The average molecular weight is 447 g/mol. The number of rotatable bonds is 7. The molecule has 0 saturated carbocycles. The molecule has 1 saturated heterocycles. The fourth-order valence-electron chi connectivity index (χ4n) is 4.40. The molecule has 0 bridgehead atoms. The number of para-hydroxylation sites is 1. The minimum absolute atomic E-state index is 0.113. The highest BCUT2D eigenvalue weighted by molar-refractivity contribution is 7.89. The van der Waals surface area contributed by atoms with Gasteiger partial charge in [0.2, 0.25) is 10.0 Å². The summed E-state index contributed by atoms with van der Waals surface area (Å²) in [7, 11) is -3.45. The van der Waals surface area contributed by atoms with Crippen LogP contribution in [-0.4, -0.2) is 42.3 Å². The second-order valence-electron chi connectivity index (χ2n) is 8.12. The SMILES string of the molecule is O=S(=O)(c1ccc(NC[C@@H](c2ccccc2)c2c[nH]c3ccccc23)nc1)N1CCCC1. The summed E-state index contributed by atoms with van der Waals surface area (Å²) in [5, 5.41) is 4.61. The minimum atomic E-state index is -3.45. The van der Waals surface area contributed by atoms with E-state index in [4.69, 9.17) is 0 Å².